The Morgan fingerprint density at radius 1 is 0.537 bits per heavy atom. The van der Waals surface area contributed by atoms with Crippen LogP contribution in [-0.4, -0.2) is 17.9 Å². The topological polar surface area (TPSA) is 3.24 Å². The van der Waals surface area contributed by atoms with E-state index in [1.807, 2.05) is 30.3 Å². The second-order valence-electron chi connectivity index (χ2n) is 9.53. The third-order valence-corrected chi connectivity index (χ3v) is 11.9. The van der Waals surface area contributed by atoms with Crippen LogP contribution in [0.5, 0.6) is 0 Å². The second kappa shape index (κ2) is 16.4. The molecule has 6 aromatic carbocycles. The fourth-order valence-corrected chi connectivity index (χ4v) is 10.1. The van der Waals surface area contributed by atoms with Gasteiger partial charge in [-0.25, -0.2) is 12.1 Å². The molecule has 0 saturated heterocycles. The number of rotatable bonds is 9. The van der Waals surface area contributed by atoms with E-state index in [1.165, 1.54) is 26.8 Å². The summed E-state index contributed by atoms with van der Waals surface area (Å²) in [7, 11) is 1.12. The normalized spacial score (nSPS) is 11.5. The van der Waals surface area contributed by atoms with Crippen molar-refractivity contribution in [1.29, 1.82) is 0 Å². The average Bonchev–Trinajstić information content (AvgIpc) is 3.78. The van der Waals surface area contributed by atoms with Crippen molar-refractivity contribution >= 4 is 37.2 Å². The van der Waals surface area contributed by atoms with Gasteiger partial charge in [0.1, 0.15) is 0 Å². The molecule has 0 N–H and O–H groups in total. The smallest absolute Gasteiger partial charge is 0.0274 e. The quantitative estimate of drug-likeness (QED) is 0.0912. The standard InChI is InChI=1S/C32H30NP2.C5H5.Fe/c1-33(35(30-22-10-4-11-23-30)31-24-12-5-13-25-31)32(27-16-14-15-17-27)26-34(28-18-6-2-7-19-28)29-20-8-3-9-21-29;1-2-4-5-3-1;/h2-25,32H,26H2,1H3;1-5H;/q-1;-5;/t32-;;/m0../s1. The van der Waals surface area contributed by atoms with Crippen LogP contribution in [0.25, 0.3) is 0 Å². The Hall–Kier alpha value is -3.08. The first-order valence-electron chi connectivity index (χ1n) is 13.7. The summed E-state index contributed by atoms with van der Waals surface area (Å²) in [5.41, 5.74) is 1.39. The Balaban J connectivity index is 0.000000584. The van der Waals surface area contributed by atoms with Crippen molar-refractivity contribution in [3.05, 3.63) is 181 Å². The number of hydrogen-bond acceptors (Lipinski definition) is 1. The van der Waals surface area contributed by atoms with Crippen molar-refractivity contribution in [3.8, 4) is 0 Å². The molecule has 0 aromatic heterocycles. The van der Waals surface area contributed by atoms with Crippen LogP contribution < -0.4 is 21.2 Å². The SMILES string of the molecule is CN([C@@H](CP(c1ccccc1)c1ccccc1)[c-]1cccc1)P(c1ccccc1)c1ccccc1.[Fe].[cH-]1[cH-][cH-][cH-][cH-]1. The predicted octanol–water partition coefficient (Wildman–Crippen LogP) is 7.96. The predicted molar refractivity (Wildman–Crippen MR) is 178 cm³/mol. The van der Waals surface area contributed by atoms with E-state index in [9.17, 15) is 0 Å². The molecule has 1 atom stereocenters. The Kier molecular flexibility index (Phi) is 12.3. The Labute approximate surface area is 258 Å². The van der Waals surface area contributed by atoms with Gasteiger partial charge in [0, 0.05) is 25.1 Å². The number of nitrogens with zero attached hydrogens (tertiary/aromatic N) is 1. The summed E-state index contributed by atoms with van der Waals surface area (Å²) < 4.78 is 2.65. The van der Waals surface area contributed by atoms with Crippen molar-refractivity contribution in [2.24, 2.45) is 0 Å². The summed E-state index contributed by atoms with van der Waals surface area (Å²) in [6.45, 7) is 0. The zero-order valence-corrected chi connectivity index (χ0v) is 26.1. The molecular formula is C37H35FeNP2-6. The molecule has 4 heteroatoms. The summed E-state index contributed by atoms with van der Waals surface area (Å²) >= 11 is 0. The minimum absolute atomic E-state index is 0. The van der Waals surface area contributed by atoms with Crippen LogP contribution in [0.1, 0.15) is 11.6 Å². The van der Waals surface area contributed by atoms with Crippen LogP contribution in [-0.2, 0) is 17.1 Å². The van der Waals surface area contributed by atoms with Gasteiger partial charge in [-0.1, -0.05) is 121 Å². The van der Waals surface area contributed by atoms with E-state index < -0.39 is 16.0 Å². The van der Waals surface area contributed by atoms with Crippen LogP contribution in [0, 0.1) is 0 Å². The van der Waals surface area contributed by atoms with Crippen LogP contribution in [0.2, 0.25) is 0 Å². The molecule has 0 radical (unpaired) electrons. The van der Waals surface area contributed by atoms with Gasteiger partial charge >= 0.3 is 0 Å². The Morgan fingerprint density at radius 3 is 1.24 bits per heavy atom. The van der Waals surface area contributed by atoms with Gasteiger partial charge in [0.05, 0.1) is 0 Å². The van der Waals surface area contributed by atoms with Crippen molar-refractivity contribution in [1.82, 2.24) is 4.67 Å². The van der Waals surface area contributed by atoms with E-state index in [-0.39, 0.29) is 17.1 Å². The molecule has 212 valence electrons. The molecule has 6 rings (SSSR count). The summed E-state index contributed by atoms with van der Waals surface area (Å²) in [5, 5.41) is 5.64. The monoisotopic (exact) mass is 611 g/mol. The summed E-state index contributed by atoms with van der Waals surface area (Å²) in [6, 6.07) is 63.4. The van der Waals surface area contributed by atoms with Crippen LogP contribution in [0.15, 0.2) is 176 Å². The van der Waals surface area contributed by atoms with Gasteiger partial charge in [0.15, 0.2) is 0 Å². The maximum absolute atomic E-state index is 2.65. The number of benzene rings is 4. The first-order chi connectivity index (χ1) is 19.8. The van der Waals surface area contributed by atoms with Gasteiger partial charge in [-0.2, -0.15) is 12.1 Å². The van der Waals surface area contributed by atoms with Gasteiger partial charge in [-0.15, -0.1) is 5.56 Å². The van der Waals surface area contributed by atoms with Gasteiger partial charge in [0.2, 0.25) is 0 Å². The van der Waals surface area contributed by atoms with Crippen molar-refractivity contribution in [2.75, 3.05) is 13.2 Å². The molecular weight excluding hydrogens is 576 g/mol. The third kappa shape index (κ3) is 8.47. The molecule has 0 fully saturated rings. The molecule has 0 saturated carbocycles. The minimum Gasteiger partial charge on any atom is -0.748 e. The van der Waals surface area contributed by atoms with Crippen molar-refractivity contribution in [2.45, 2.75) is 6.04 Å². The van der Waals surface area contributed by atoms with Crippen molar-refractivity contribution in [3.63, 3.8) is 0 Å². The number of hydrogen-bond donors (Lipinski definition) is 0. The molecule has 0 amide bonds. The minimum atomic E-state index is -0.681. The molecule has 6 aromatic rings. The largest absolute Gasteiger partial charge is 0.748 e. The van der Waals surface area contributed by atoms with E-state index in [2.05, 4.69) is 157 Å². The average molecular weight is 611 g/mol. The van der Waals surface area contributed by atoms with Crippen LogP contribution in [0.3, 0.4) is 0 Å². The molecule has 0 aliphatic carbocycles. The zero-order valence-electron chi connectivity index (χ0n) is 23.2. The molecule has 41 heavy (non-hydrogen) atoms. The van der Waals surface area contributed by atoms with Crippen molar-refractivity contribution < 1.29 is 17.1 Å². The summed E-state index contributed by atoms with van der Waals surface area (Å²) in [6.07, 6.45) is 1.07. The van der Waals surface area contributed by atoms with E-state index in [1.54, 1.807) is 0 Å². The van der Waals surface area contributed by atoms with Gasteiger partial charge in [-0.05, 0) is 48.4 Å². The fraction of sp³-hybridized carbons (Fsp3) is 0.0811. The van der Waals surface area contributed by atoms with Gasteiger partial charge < -0.3 is 30.3 Å². The molecule has 0 spiro atoms. The molecule has 0 heterocycles. The van der Waals surface area contributed by atoms with Gasteiger partial charge in [-0.3, -0.25) is 4.67 Å². The first kappa shape index (κ1) is 30.9. The zero-order chi connectivity index (χ0) is 27.4. The molecule has 0 aliphatic heterocycles. The Morgan fingerprint density at radius 2 is 0.878 bits per heavy atom. The summed E-state index contributed by atoms with van der Waals surface area (Å²) in [4.78, 5) is 0. The van der Waals surface area contributed by atoms with E-state index in [0.717, 1.165) is 6.16 Å². The maximum atomic E-state index is 2.65. The maximum Gasteiger partial charge on any atom is 0.0274 e. The van der Waals surface area contributed by atoms with Crippen LogP contribution in [0.4, 0.5) is 0 Å². The Bertz CT molecular complexity index is 1380. The van der Waals surface area contributed by atoms with Gasteiger partial charge in [0.25, 0.3) is 0 Å². The molecule has 0 aliphatic rings. The molecule has 0 bridgehead atoms. The molecule has 1 nitrogen and oxygen atoms in total. The first-order valence-corrected chi connectivity index (χ1v) is 16.5. The van der Waals surface area contributed by atoms with E-state index >= 15 is 0 Å². The van der Waals surface area contributed by atoms with E-state index in [4.69, 9.17) is 0 Å². The van der Waals surface area contributed by atoms with Crippen LogP contribution >= 0.6 is 16.0 Å². The summed E-state index contributed by atoms with van der Waals surface area (Å²) in [5.74, 6) is 0. The van der Waals surface area contributed by atoms with E-state index in [0.29, 0.717) is 6.04 Å². The second-order valence-corrected chi connectivity index (χ2v) is 14.1. The fourth-order valence-electron chi connectivity index (χ4n) is 4.91. The third-order valence-electron chi connectivity index (χ3n) is 6.89. The molecule has 0 unspecified atom stereocenters.